The molecule has 4 atom stereocenters. The minimum absolute atomic E-state index is 0.0871. The molecule has 0 aliphatic heterocycles. The van der Waals surface area contributed by atoms with Crippen LogP contribution < -0.4 is 5.32 Å². The fourth-order valence-electron chi connectivity index (χ4n) is 2.54. The Balaban J connectivity index is 2.52. The van der Waals surface area contributed by atoms with E-state index in [1.54, 1.807) is 11.8 Å². The average molecular weight is 273 g/mol. The number of carbonyl (C=O) groups excluding carboxylic acids is 1. The predicted molar refractivity (Wildman–Crippen MR) is 73.6 cm³/mol. The molecule has 18 heavy (non-hydrogen) atoms. The van der Waals surface area contributed by atoms with Crippen molar-refractivity contribution < 1.29 is 14.7 Å². The van der Waals surface area contributed by atoms with E-state index in [4.69, 9.17) is 5.11 Å². The Bertz CT molecular complexity index is 309. The highest BCUT2D eigenvalue weighted by Gasteiger charge is 2.41. The SMILES string of the molecule is CCSCC(C)NC(=O)[C@H]1CC(C)C[C@H]1C(=O)O. The Morgan fingerprint density at radius 1 is 1.39 bits per heavy atom. The van der Waals surface area contributed by atoms with Crippen molar-refractivity contribution in [2.45, 2.75) is 39.7 Å². The molecule has 2 unspecified atom stereocenters. The molecule has 104 valence electrons. The number of carboxylic acid groups (broad SMARTS) is 1. The maximum Gasteiger partial charge on any atom is 0.307 e. The molecule has 5 heteroatoms. The monoisotopic (exact) mass is 273 g/mol. The highest BCUT2D eigenvalue weighted by atomic mass is 32.2. The highest BCUT2D eigenvalue weighted by molar-refractivity contribution is 7.99. The van der Waals surface area contributed by atoms with Crippen molar-refractivity contribution in [1.29, 1.82) is 0 Å². The van der Waals surface area contributed by atoms with Gasteiger partial charge in [0.2, 0.25) is 5.91 Å². The third kappa shape index (κ3) is 4.19. The van der Waals surface area contributed by atoms with Gasteiger partial charge in [-0.2, -0.15) is 11.8 Å². The molecular weight excluding hydrogens is 250 g/mol. The van der Waals surface area contributed by atoms with Crippen LogP contribution in [0.15, 0.2) is 0 Å². The first-order valence-electron chi connectivity index (χ1n) is 6.56. The van der Waals surface area contributed by atoms with Gasteiger partial charge in [-0.05, 0) is 31.4 Å². The maximum absolute atomic E-state index is 12.1. The second-order valence-electron chi connectivity index (χ2n) is 5.20. The Kier molecular flexibility index (Phi) is 5.99. The van der Waals surface area contributed by atoms with Crippen LogP contribution in [0.4, 0.5) is 0 Å². The Hall–Kier alpha value is -0.710. The first-order valence-corrected chi connectivity index (χ1v) is 7.72. The number of nitrogens with one attached hydrogen (secondary N) is 1. The summed E-state index contributed by atoms with van der Waals surface area (Å²) >= 11 is 1.78. The lowest BCUT2D eigenvalue weighted by Crippen LogP contribution is -2.41. The number of carboxylic acids is 1. The summed E-state index contributed by atoms with van der Waals surface area (Å²) in [6.45, 7) is 6.06. The third-order valence-electron chi connectivity index (χ3n) is 3.41. The summed E-state index contributed by atoms with van der Waals surface area (Å²) < 4.78 is 0. The number of rotatable bonds is 6. The van der Waals surface area contributed by atoms with Crippen molar-refractivity contribution in [2.24, 2.45) is 17.8 Å². The van der Waals surface area contributed by atoms with Gasteiger partial charge in [-0.15, -0.1) is 0 Å². The second-order valence-corrected chi connectivity index (χ2v) is 6.52. The van der Waals surface area contributed by atoms with Crippen LogP contribution in [0.25, 0.3) is 0 Å². The number of hydrogen-bond donors (Lipinski definition) is 2. The third-order valence-corrected chi connectivity index (χ3v) is 4.56. The molecule has 4 nitrogen and oxygen atoms in total. The van der Waals surface area contributed by atoms with Gasteiger partial charge in [-0.1, -0.05) is 13.8 Å². The molecule has 1 saturated carbocycles. The fourth-order valence-corrected chi connectivity index (χ4v) is 3.21. The van der Waals surface area contributed by atoms with E-state index in [2.05, 4.69) is 12.2 Å². The van der Waals surface area contributed by atoms with Gasteiger partial charge in [0.25, 0.3) is 0 Å². The molecular formula is C13H23NO3S. The molecule has 1 amide bonds. The molecule has 1 aliphatic carbocycles. The lowest BCUT2D eigenvalue weighted by atomic mass is 9.95. The number of thioether (sulfide) groups is 1. The molecule has 0 radical (unpaired) electrons. The Morgan fingerprint density at radius 2 is 2.00 bits per heavy atom. The number of carbonyl (C=O) groups is 2. The molecule has 0 heterocycles. The minimum atomic E-state index is -0.838. The van der Waals surface area contributed by atoms with Crippen molar-refractivity contribution in [3.05, 3.63) is 0 Å². The minimum Gasteiger partial charge on any atom is -0.481 e. The van der Waals surface area contributed by atoms with Gasteiger partial charge in [0.1, 0.15) is 0 Å². The molecule has 0 saturated heterocycles. The van der Waals surface area contributed by atoms with Gasteiger partial charge in [0.15, 0.2) is 0 Å². The molecule has 2 N–H and O–H groups in total. The average Bonchev–Trinajstić information content (AvgIpc) is 2.69. The van der Waals surface area contributed by atoms with E-state index < -0.39 is 11.9 Å². The second kappa shape index (κ2) is 7.02. The van der Waals surface area contributed by atoms with Crippen LogP contribution in [0, 0.1) is 17.8 Å². The first kappa shape index (κ1) is 15.3. The lowest BCUT2D eigenvalue weighted by Gasteiger charge is -2.19. The Labute approximate surface area is 113 Å². The van der Waals surface area contributed by atoms with E-state index in [1.165, 1.54) is 0 Å². The van der Waals surface area contributed by atoms with Crippen LogP contribution in [0.5, 0.6) is 0 Å². The fraction of sp³-hybridized carbons (Fsp3) is 0.846. The predicted octanol–water partition coefficient (Wildman–Crippen LogP) is 1.99. The summed E-state index contributed by atoms with van der Waals surface area (Å²) in [5, 5.41) is 12.1. The Morgan fingerprint density at radius 3 is 2.56 bits per heavy atom. The van der Waals surface area contributed by atoms with Gasteiger partial charge in [-0.25, -0.2) is 0 Å². The zero-order valence-corrected chi connectivity index (χ0v) is 12.1. The van der Waals surface area contributed by atoms with E-state index in [0.717, 1.165) is 11.5 Å². The zero-order chi connectivity index (χ0) is 13.7. The van der Waals surface area contributed by atoms with Crippen LogP contribution in [0.1, 0.15) is 33.6 Å². The standard InChI is InChI=1S/C13H23NO3S/c1-4-18-7-9(3)14-12(15)10-5-8(2)6-11(10)13(16)17/h8-11H,4-7H2,1-3H3,(H,14,15)(H,16,17)/t8?,9?,10-,11+/m0/s1. The van der Waals surface area contributed by atoms with Crippen molar-refractivity contribution in [3.8, 4) is 0 Å². The molecule has 0 aromatic heterocycles. The van der Waals surface area contributed by atoms with Gasteiger partial charge >= 0.3 is 5.97 Å². The molecule has 1 aliphatic rings. The quantitative estimate of drug-likeness (QED) is 0.776. The summed E-state index contributed by atoms with van der Waals surface area (Å²) in [6, 6.07) is 0.104. The van der Waals surface area contributed by atoms with E-state index >= 15 is 0 Å². The molecule has 0 aromatic carbocycles. The van der Waals surface area contributed by atoms with Crippen molar-refractivity contribution in [1.82, 2.24) is 5.32 Å². The summed E-state index contributed by atoms with van der Waals surface area (Å²) in [4.78, 5) is 23.2. The highest BCUT2D eigenvalue weighted by Crippen LogP contribution is 2.36. The molecule has 0 bridgehead atoms. The van der Waals surface area contributed by atoms with Crippen molar-refractivity contribution >= 4 is 23.6 Å². The number of hydrogen-bond acceptors (Lipinski definition) is 3. The van der Waals surface area contributed by atoms with Crippen LogP contribution in [0.2, 0.25) is 0 Å². The van der Waals surface area contributed by atoms with E-state index in [1.807, 2.05) is 13.8 Å². The zero-order valence-electron chi connectivity index (χ0n) is 11.3. The summed E-state index contributed by atoms with van der Waals surface area (Å²) in [6.07, 6.45) is 1.31. The van der Waals surface area contributed by atoms with Crippen LogP contribution in [-0.4, -0.2) is 34.5 Å². The van der Waals surface area contributed by atoms with Crippen LogP contribution in [0.3, 0.4) is 0 Å². The first-order chi connectivity index (χ1) is 8.45. The smallest absolute Gasteiger partial charge is 0.307 e. The number of aliphatic carboxylic acids is 1. The van der Waals surface area contributed by atoms with E-state index in [9.17, 15) is 9.59 Å². The largest absolute Gasteiger partial charge is 0.481 e. The van der Waals surface area contributed by atoms with Crippen LogP contribution >= 0.6 is 11.8 Å². The molecule has 0 spiro atoms. The van der Waals surface area contributed by atoms with E-state index in [-0.39, 0.29) is 17.9 Å². The molecule has 1 rings (SSSR count). The summed E-state index contributed by atoms with van der Waals surface area (Å²) in [5.74, 6) is 0.437. The van der Waals surface area contributed by atoms with Gasteiger partial charge in [0.05, 0.1) is 11.8 Å². The number of amides is 1. The topological polar surface area (TPSA) is 66.4 Å². The van der Waals surface area contributed by atoms with Crippen molar-refractivity contribution in [2.75, 3.05) is 11.5 Å². The summed E-state index contributed by atoms with van der Waals surface area (Å²) in [5.41, 5.74) is 0. The van der Waals surface area contributed by atoms with Gasteiger partial charge in [-0.3, -0.25) is 9.59 Å². The van der Waals surface area contributed by atoms with Crippen molar-refractivity contribution in [3.63, 3.8) is 0 Å². The summed E-state index contributed by atoms with van der Waals surface area (Å²) in [7, 11) is 0. The molecule has 0 aromatic rings. The van der Waals surface area contributed by atoms with Gasteiger partial charge in [0, 0.05) is 11.8 Å². The normalized spacial score (nSPS) is 28.9. The molecule has 1 fully saturated rings. The van der Waals surface area contributed by atoms with E-state index in [0.29, 0.717) is 18.8 Å². The van der Waals surface area contributed by atoms with Crippen LogP contribution in [-0.2, 0) is 9.59 Å². The maximum atomic E-state index is 12.1. The lowest BCUT2D eigenvalue weighted by molar-refractivity contribution is -0.146. The van der Waals surface area contributed by atoms with Gasteiger partial charge < -0.3 is 10.4 Å².